The number of hydrogen-bond acceptors (Lipinski definition) is 4. The van der Waals surface area contributed by atoms with Gasteiger partial charge in [-0.3, -0.25) is 10.1 Å². The van der Waals surface area contributed by atoms with Crippen LogP contribution in [0.15, 0.2) is 42.5 Å². The Labute approximate surface area is 135 Å². The molecular weight excluding hydrogens is 292 g/mol. The molecule has 0 saturated carbocycles. The number of nitro benzene ring substituents is 1. The molecule has 1 unspecified atom stereocenters. The summed E-state index contributed by atoms with van der Waals surface area (Å²) in [7, 11) is 0. The van der Waals surface area contributed by atoms with Crippen LogP contribution in [0.3, 0.4) is 0 Å². The van der Waals surface area contributed by atoms with Crippen molar-refractivity contribution in [1.29, 1.82) is 0 Å². The van der Waals surface area contributed by atoms with E-state index in [2.05, 4.69) is 24.0 Å². The first-order valence-electron chi connectivity index (χ1n) is 7.73. The van der Waals surface area contributed by atoms with Gasteiger partial charge in [0.2, 0.25) is 0 Å². The smallest absolute Gasteiger partial charge is 0.292 e. The number of morpholine rings is 1. The van der Waals surface area contributed by atoms with E-state index in [0.29, 0.717) is 25.4 Å². The molecule has 5 heteroatoms. The maximum absolute atomic E-state index is 11.4. The van der Waals surface area contributed by atoms with Crippen molar-refractivity contribution in [2.75, 3.05) is 24.6 Å². The molecule has 5 nitrogen and oxygen atoms in total. The van der Waals surface area contributed by atoms with E-state index in [0.717, 1.165) is 11.1 Å². The first-order valence-corrected chi connectivity index (χ1v) is 7.73. The van der Waals surface area contributed by atoms with Crippen LogP contribution >= 0.6 is 0 Å². The van der Waals surface area contributed by atoms with Crippen molar-refractivity contribution in [1.82, 2.24) is 0 Å². The summed E-state index contributed by atoms with van der Waals surface area (Å²) in [6.07, 6.45) is -0.0640. The molecule has 1 heterocycles. The van der Waals surface area contributed by atoms with Gasteiger partial charge in [0.05, 0.1) is 11.5 Å². The van der Waals surface area contributed by atoms with E-state index >= 15 is 0 Å². The zero-order valence-electron chi connectivity index (χ0n) is 13.4. The Kier molecular flexibility index (Phi) is 4.30. The molecule has 0 spiro atoms. The topological polar surface area (TPSA) is 55.6 Å². The fourth-order valence-electron chi connectivity index (χ4n) is 3.05. The van der Waals surface area contributed by atoms with E-state index < -0.39 is 0 Å². The summed E-state index contributed by atoms with van der Waals surface area (Å²) < 4.78 is 5.91. The molecule has 0 amide bonds. The molecule has 1 fully saturated rings. The van der Waals surface area contributed by atoms with Gasteiger partial charge < -0.3 is 9.64 Å². The zero-order chi connectivity index (χ0) is 16.4. The minimum Gasteiger partial charge on any atom is -0.370 e. The number of hydrogen-bond donors (Lipinski definition) is 0. The van der Waals surface area contributed by atoms with Crippen molar-refractivity contribution in [2.45, 2.75) is 20.0 Å². The molecule has 0 bridgehead atoms. The standard InChI is InChI=1S/C18H20N2O3/c1-13-7-8-16(17(11-13)20(21)22)19-9-10-23-18(12-19)15-6-4-3-5-14(15)2/h3-8,11,18H,9-10,12H2,1-2H3. The van der Waals surface area contributed by atoms with Crippen LogP contribution in [0.25, 0.3) is 0 Å². The SMILES string of the molecule is Cc1ccc(N2CCOC(c3ccccc3C)C2)c([N+](=O)[O-])c1. The number of nitrogens with zero attached hydrogens (tertiary/aromatic N) is 2. The lowest BCUT2D eigenvalue weighted by Crippen LogP contribution is -2.38. The van der Waals surface area contributed by atoms with Gasteiger partial charge in [0.1, 0.15) is 11.8 Å². The van der Waals surface area contributed by atoms with E-state index in [1.165, 1.54) is 5.56 Å². The summed E-state index contributed by atoms with van der Waals surface area (Å²) in [5.74, 6) is 0. The van der Waals surface area contributed by atoms with E-state index in [-0.39, 0.29) is 16.7 Å². The number of aryl methyl sites for hydroxylation is 2. The van der Waals surface area contributed by atoms with E-state index in [4.69, 9.17) is 4.74 Å². The van der Waals surface area contributed by atoms with E-state index in [1.807, 2.05) is 31.2 Å². The maximum Gasteiger partial charge on any atom is 0.292 e. The number of nitro groups is 1. The van der Waals surface area contributed by atoms with Crippen molar-refractivity contribution >= 4 is 11.4 Å². The molecule has 0 radical (unpaired) electrons. The third-order valence-corrected chi connectivity index (χ3v) is 4.27. The van der Waals surface area contributed by atoms with Gasteiger partial charge in [-0.05, 0) is 36.6 Å². The second kappa shape index (κ2) is 6.38. The Hall–Kier alpha value is -2.40. The number of benzene rings is 2. The average Bonchev–Trinajstić information content (AvgIpc) is 2.55. The lowest BCUT2D eigenvalue weighted by molar-refractivity contribution is -0.384. The molecule has 3 rings (SSSR count). The van der Waals surface area contributed by atoms with Crippen LogP contribution in [0.4, 0.5) is 11.4 Å². The Morgan fingerprint density at radius 2 is 2.00 bits per heavy atom. The second-order valence-corrected chi connectivity index (χ2v) is 5.91. The molecule has 2 aromatic carbocycles. The summed E-state index contributed by atoms with van der Waals surface area (Å²) in [4.78, 5) is 13.1. The van der Waals surface area contributed by atoms with Crippen molar-refractivity contribution in [2.24, 2.45) is 0 Å². The number of ether oxygens (including phenoxy) is 1. The van der Waals surface area contributed by atoms with Crippen molar-refractivity contribution in [3.63, 3.8) is 0 Å². The van der Waals surface area contributed by atoms with Gasteiger partial charge in [-0.15, -0.1) is 0 Å². The van der Waals surface area contributed by atoms with E-state index in [1.54, 1.807) is 6.07 Å². The predicted molar refractivity (Wildman–Crippen MR) is 89.9 cm³/mol. The molecule has 23 heavy (non-hydrogen) atoms. The fourth-order valence-corrected chi connectivity index (χ4v) is 3.05. The molecule has 0 aromatic heterocycles. The molecule has 1 aliphatic heterocycles. The van der Waals surface area contributed by atoms with Crippen molar-refractivity contribution in [3.05, 3.63) is 69.3 Å². The van der Waals surface area contributed by atoms with Crippen molar-refractivity contribution < 1.29 is 9.66 Å². The fraction of sp³-hybridized carbons (Fsp3) is 0.333. The Bertz CT molecular complexity index is 730. The lowest BCUT2D eigenvalue weighted by Gasteiger charge is -2.35. The lowest BCUT2D eigenvalue weighted by atomic mass is 10.0. The highest BCUT2D eigenvalue weighted by Crippen LogP contribution is 2.33. The third-order valence-electron chi connectivity index (χ3n) is 4.27. The highest BCUT2D eigenvalue weighted by Gasteiger charge is 2.27. The van der Waals surface area contributed by atoms with Crippen molar-refractivity contribution in [3.8, 4) is 0 Å². The summed E-state index contributed by atoms with van der Waals surface area (Å²) in [5.41, 5.74) is 4.05. The minimum atomic E-state index is -0.305. The Morgan fingerprint density at radius 1 is 1.22 bits per heavy atom. The van der Waals surface area contributed by atoms with Crippen LogP contribution in [0, 0.1) is 24.0 Å². The molecule has 120 valence electrons. The molecule has 1 aliphatic rings. The molecular formula is C18H20N2O3. The first-order chi connectivity index (χ1) is 11.1. The van der Waals surface area contributed by atoms with Crippen LogP contribution in [-0.4, -0.2) is 24.6 Å². The van der Waals surface area contributed by atoms with Gasteiger partial charge >= 0.3 is 0 Å². The zero-order valence-corrected chi connectivity index (χ0v) is 13.4. The highest BCUT2D eigenvalue weighted by molar-refractivity contribution is 5.64. The number of anilines is 1. The van der Waals surface area contributed by atoms with Crippen LogP contribution < -0.4 is 4.90 Å². The van der Waals surface area contributed by atoms with Crippen LogP contribution in [0.5, 0.6) is 0 Å². The molecule has 0 aliphatic carbocycles. The molecule has 1 saturated heterocycles. The Balaban J connectivity index is 1.90. The van der Waals surface area contributed by atoms with Gasteiger partial charge in [-0.25, -0.2) is 0 Å². The van der Waals surface area contributed by atoms with Gasteiger partial charge in [-0.1, -0.05) is 30.3 Å². The maximum atomic E-state index is 11.4. The molecule has 2 aromatic rings. The number of rotatable bonds is 3. The van der Waals surface area contributed by atoms with Crippen LogP contribution in [-0.2, 0) is 4.74 Å². The summed E-state index contributed by atoms with van der Waals surface area (Å²) in [6.45, 7) is 5.77. The van der Waals surface area contributed by atoms with Gasteiger partial charge in [-0.2, -0.15) is 0 Å². The normalized spacial score (nSPS) is 18.0. The summed E-state index contributed by atoms with van der Waals surface area (Å²) in [5, 5.41) is 11.4. The van der Waals surface area contributed by atoms with Gasteiger partial charge in [0, 0.05) is 19.2 Å². The van der Waals surface area contributed by atoms with Gasteiger partial charge in [0.15, 0.2) is 0 Å². The minimum absolute atomic E-state index is 0.0640. The average molecular weight is 312 g/mol. The largest absolute Gasteiger partial charge is 0.370 e. The molecule has 0 N–H and O–H groups in total. The van der Waals surface area contributed by atoms with Crippen LogP contribution in [0.2, 0.25) is 0 Å². The quantitative estimate of drug-likeness (QED) is 0.639. The molecule has 1 atom stereocenters. The third kappa shape index (κ3) is 3.19. The summed E-state index contributed by atoms with van der Waals surface area (Å²) in [6, 6.07) is 13.5. The monoisotopic (exact) mass is 312 g/mol. The predicted octanol–water partition coefficient (Wildman–Crippen LogP) is 3.79. The van der Waals surface area contributed by atoms with E-state index in [9.17, 15) is 10.1 Å². The summed E-state index contributed by atoms with van der Waals surface area (Å²) >= 11 is 0. The van der Waals surface area contributed by atoms with Crippen LogP contribution in [0.1, 0.15) is 22.8 Å². The first kappa shape index (κ1) is 15.5. The Morgan fingerprint density at radius 3 is 2.74 bits per heavy atom. The van der Waals surface area contributed by atoms with Gasteiger partial charge in [0.25, 0.3) is 5.69 Å². The second-order valence-electron chi connectivity index (χ2n) is 5.91. The highest BCUT2D eigenvalue weighted by atomic mass is 16.6.